The van der Waals surface area contributed by atoms with E-state index in [-0.39, 0.29) is 5.91 Å². The first-order valence-corrected chi connectivity index (χ1v) is 6.66. The molecule has 1 aromatic rings. The molecule has 1 amide bonds. The van der Waals surface area contributed by atoms with Crippen LogP contribution in [-0.2, 0) is 11.3 Å². The highest BCUT2D eigenvalue weighted by Gasteiger charge is 2.11. The van der Waals surface area contributed by atoms with Crippen molar-refractivity contribution in [1.29, 1.82) is 0 Å². The number of morpholine rings is 1. The number of nitrogens with zero attached hydrogens (tertiary/aromatic N) is 1. The molecule has 1 fully saturated rings. The molecule has 1 aliphatic rings. The van der Waals surface area contributed by atoms with Gasteiger partial charge in [-0.25, -0.2) is 0 Å². The van der Waals surface area contributed by atoms with Crippen molar-refractivity contribution in [2.45, 2.75) is 13.0 Å². The molecular weight excluding hydrogens is 246 g/mol. The second-order valence-electron chi connectivity index (χ2n) is 4.53. The average Bonchev–Trinajstić information content (AvgIpc) is 2.93. The summed E-state index contributed by atoms with van der Waals surface area (Å²) in [7, 11) is 0. The fraction of sp³-hybridized carbons (Fsp3) is 0.615. The lowest BCUT2D eigenvalue weighted by Gasteiger charge is -2.26. The molecule has 1 aliphatic heterocycles. The van der Waals surface area contributed by atoms with Crippen LogP contribution >= 0.6 is 0 Å². The number of amides is 1. The zero-order chi connectivity index (χ0) is 13.5. The summed E-state index contributed by atoms with van der Waals surface area (Å²) in [6, 6.07) is 3.38. The maximum absolute atomic E-state index is 11.7. The van der Waals surface area contributed by atoms with Gasteiger partial charge in [0.2, 0.25) is 0 Å². The smallest absolute Gasteiger partial charge is 0.286 e. The number of furan rings is 1. The Balaban J connectivity index is 1.63. The molecule has 19 heavy (non-hydrogen) atoms. The summed E-state index contributed by atoms with van der Waals surface area (Å²) in [5.74, 6) is 0.770. The van der Waals surface area contributed by atoms with Gasteiger partial charge in [0, 0.05) is 19.6 Å². The number of hydrogen-bond acceptors (Lipinski definition) is 5. The van der Waals surface area contributed by atoms with Crippen molar-refractivity contribution in [2.75, 3.05) is 39.4 Å². The molecule has 6 heteroatoms. The van der Waals surface area contributed by atoms with Crippen LogP contribution < -0.4 is 11.1 Å². The second-order valence-corrected chi connectivity index (χ2v) is 4.53. The number of nitrogens with two attached hydrogens (primary N) is 1. The van der Waals surface area contributed by atoms with Crippen LogP contribution in [0, 0.1) is 0 Å². The summed E-state index contributed by atoms with van der Waals surface area (Å²) in [6.45, 7) is 5.51. The predicted molar refractivity (Wildman–Crippen MR) is 70.8 cm³/mol. The Labute approximate surface area is 112 Å². The fourth-order valence-electron chi connectivity index (χ4n) is 2.03. The predicted octanol–water partition coefficient (Wildman–Crippen LogP) is 0.190. The average molecular weight is 267 g/mol. The van der Waals surface area contributed by atoms with Crippen LogP contribution in [0.25, 0.3) is 0 Å². The van der Waals surface area contributed by atoms with E-state index in [1.165, 1.54) is 0 Å². The largest absolute Gasteiger partial charge is 0.455 e. The monoisotopic (exact) mass is 267 g/mol. The fourth-order valence-corrected chi connectivity index (χ4v) is 2.03. The van der Waals surface area contributed by atoms with Crippen LogP contribution in [0.4, 0.5) is 0 Å². The maximum Gasteiger partial charge on any atom is 0.286 e. The van der Waals surface area contributed by atoms with Gasteiger partial charge in [0.25, 0.3) is 5.91 Å². The summed E-state index contributed by atoms with van der Waals surface area (Å²) in [6.07, 6.45) is 0.927. The van der Waals surface area contributed by atoms with Crippen molar-refractivity contribution in [3.63, 3.8) is 0 Å². The number of carbonyl (C=O) groups is 1. The van der Waals surface area contributed by atoms with Crippen molar-refractivity contribution >= 4 is 5.91 Å². The molecule has 106 valence electrons. The number of nitrogens with one attached hydrogen (secondary N) is 1. The number of carbonyl (C=O) groups excluding carboxylic acids is 1. The van der Waals surface area contributed by atoms with Crippen molar-refractivity contribution in [3.05, 3.63) is 23.7 Å². The zero-order valence-electron chi connectivity index (χ0n) is 11.1. The van der Waals surface area contributed by atoms with Gasteiger partial charge in [-0.1, -0.05) is 0 Å². The van der Waals surface area contributed by atoms with Gasteiger partial charge >= 0.3 is 0 Å². The van der Waals surface area contributed by atoms with Crippen molar-refractivity contribution in [2.24, 2.45) is 5.73 Å². The summed E-state index contributed by atoms with van der Waals surface area (Å²) in [5.41, 5.74) is 5.43. The third-order valence-electron chi connectivity index (χ3n) is 3.13. The summed E-state index contributed by atoms with van der Waals surface area (Å²) in [4.78, 5) is 14.1. The maximum atomic E-state index is 11.7. The Hall–Kier alpha value is -1.37. The minimum atomic E-state index is -0.179. The molecule has 0 spiro atoms. The third kappa shape index (κ3) is 4.34. The van der Waals surface area contributed by atoms with E-state index in [0.29, 0.717) is 24.6 Å². The lowest BCUT2D eigenvalue weighted by Crippen LogP contribution is -2.38. The Morgan fingerprint density at radius 3 is 2.84 bits per heavy atom. The molecule has 0 saturated carbocycles. The van der Waals surface area contributed by atoms with Crippen LogP contribution in [-0.4, -0.2) is 50.2 Å². The summed E-state index contributed by atoms with van der Waals surface area (Å²) < 4.78 is 10.6. The number of rotatable bonds is 6. The van der Waals surface area contributed by atoms with E-state index in [1.54, 1.807) is 12.1 Å². The minimum Gasteiger partial charge on any atom is -0.455 e. The van der Waals surface area contributed by atoms with E-state index >= 15 is 0 Å². The molecule has 3 N–H and O–H groups in total. The van der Waals surface area contributed by atoms with E-state index in [9.17, 15) is 4.79 Å². The Bertz CT molecular complexity index is 400. The first kappa shape index (κ1) is 14.0. The molecule has 0 radical (unpaired) electrons. The van der Waals surface area contributed by atoms with E-state index in [0.717, 1.165) is 39.3 Å². The lowest BCUT2D eigenvalue weighted by molar-refractivity contribution is 0.0374. The van der Waals surface area contributed by atoms with Gasteiger partial charge in [-0.05, 0) is 25.1 Å². The van der Waals surface area contributed by atoms with Crippen LogP contribution in [0.1, 0.15) is 22.7 Å². The highest BCUT2D eigenvalue weighted by molar-refractivity contribution is 5.91. The standard InChI is InChI=1S/C13H21N3O3/c14-10-11-2-3-12(19-11)13(17)15-4-1-5-16-6-8-18-9-7-16/h2-3H,1,4-10,14H2,(H,15,17). The topological polar surface area (TPSA) is 80.7 Å². The van der Waals surface area contributed by atoms with E-state index in [2.05, 4.69) is 10.2 Å². The Morgan fingerprint density at radius 1 is 1.37 bits per heavy atom. The van der Waals surface area contributed by atoms with Gasteiger partial charge in [-0.15, -0.1) is 0 Å². The number of hydrogen-bond donors (Lipinski definition) is 2. The highest BCUT2D eigenvalue weighted by Crippen LogP contribution is 2.06. The number of ether oxygens (including phenoxy) is 1. The van der Waals surface area contributed by atoms with Crippen LogP contribution in [0.2, 0.25) is 0 Å². The molecule has 6 nitrogen and oxygen atoms in total. The van der Waals surface area contributed by atoms with Crippen molar-refractivity contribution < 1.29 is 13.9 Å². The molecule has 2 heterocycles. The van der Waals surface area contributed by atoms with Crippen molar-refractivity contribution in [3.8, 4) is 0 Å². The normalized spacial score (nSPS) is 16.5. The van der Waals surface area contributed by atoms with Crippen LogP contribution in [0.5, 0.6) is 0 Å². The van der Waals surface area contributed by atoms with Gasteiger partial charge in [0.05, 0.1) is 19.8 Å². The van der Waals surface area contributed by atoms with E-state index in [1.807, 2.05) is 0 Å². The van der Waals surface area contributed by atoms with Gasteiger partial charge in [0.15, 0.2) is 5.76 Å². The molecular formula is C13H21N3O3. The van der Waals surface area contributed by atoms with Gasteiger partial charge in [-0.3, -0.25) is 9.69 Å². The Morgan fingerprint density at radius 2 is 2.16 bits per heavy atom. The molecule has 0 aliphatic carbocycles. The minimum absolute atomic E-state index is 0.179. The molecule has 1 saturated heterocycles. The van der Waals surface area contributed by atoms with Gasteiger partial charge in [0.1, 0.15) is 5.76 Å². The molecule has 0 bridgehead atoms. The van der Waals surface area contributed by atoms with Gasteiger partial charge in [-0.2, -0.15) is 0 Å². The van der Waals surface area contributed by atoms with Crippen LogP contribution in [0.15, 0.2) is 16.5 Å². The first-order valence-electron chi connectivity index (χ1n) is 6.66. The highest BCUT2D eigenvalue weighted by atomic mass is 16.5. The van der Waals surface area contributed by atoms with Gasteiger partial charge < -0.3 is 20.2 Å². The van der Waals surface area contributed by atoms with Crippen LogP contribution in [0.3, 0.4) is 0 Å². The molecule has 0 atom stereocenters. The quantitative estimate of drug-likeness (QED) is 0.719. The summed E-state index contributed by atoms with van der Waals surface area (Å²) >= 11 is 0. The molecule has 0 aromatic carbocycles. The van der Waals surface area contributed by atoms with E-state index in [4.69, 9.17) is 14.9 Å². The SMILES string of the molecule is NCc1ccc(C(=O)NCCCN2CCOCC2)o1. The molecule has 2 rings (SSSR count). The summed E-state index contributed by atoms with van der Waals surface area (Å²) in [5, 5.41) is 2.84. The van der Waals surface area contributed by atoms with Crippen molar-refractivity contribution in [1.82, 2.24) is 10.2 Å². The molecule has 1 aromatic heterocycles. The second kappa shape index (κ2) is 7.28. The first-order chi connectivity index (χ1) is 9.29. The molecule has 0 unspecified atom stereocenters. The zero-order valence-corrected chi connectivity index (χ0v) is 11.1. The lowest BCUT2D eigenvalue weighted by atomic mass is 10.3. The van der Waals surface area contributed by atoms with E-state index < -0.39 is 0 Å². The Kier molecular flexibility index (Phi) is 5.38. The third-order valence-corrected chi connectivity index (χ3v) is 3.13.